The average molecular weight is 508 g/mol. The van der Waals surface area contributed by atoms with Crippen molar-refractivity contribution in [1.82, 2.24) is 0 Å². The Hall–Kier alpha value is -2.94. The van der Waals surface area contributed by atoms with Crippen LogP contribution in [0, 0.1) is 17.3 Å². The highest BCUT2D eigenvalue weighted by molar-refractivity contribution is 5.79. The van der Waals surface area contributed by atoms with Crippen LogP contribution in [0.1, 0.15) is 73.8 Å². The van der Waals surface area contributed by atoms with Gasteiger partial charge in [-0.25, -0.2) is 0 Å². The highest BCUT2D eigenvalue weighted by atomic mass is 16.6. The molecule has 0 aliphatic heterocycles. The summed E-state index contributed by atoms with van der Waals surface area (Å²) in [6.45, 7) is 13.9. The molecular formula is C27H41NO8. The second-order valence-electron chi connectivity index (χ2n) is 10.1. The molecule has 0 spiro atoms. The number of carbonyl (C=O) groups is 4. The summed E-state index contributed by atoms with van der Waals surface area (Å²) >= 11 is 0. The van der Waals surface area contributed by atoms with Crippen molar-refractivity contribution >= 4 is 23.9 Å². The molecule has 36 heavy (non-hydrogen) atoms. The fraction of sp³-hybridized carbons (Fsp3) is 0.630. The highest BCUT2D eigenvalue weighted by Gasteiger charge is 2.26. The maximum Gasteiger partial charge on any atom is 0.323 e. The van der Waals surface area contributed by atoms with Crippen LogP contribution in [0.5, 0.6) is 11.5 Å². The summed E-state index contributed by atoms with van der Waals surface area (Å²) in [7, 11) is 0. The van der Waals surface area contributed by atoms with E-state index in [1.807, 2.05) is 13.8 Å². The number of ether oxygens (including phenoxy) is 4. The molecule has 0 heterocycles. The number of benzene rings is 1. The van der Waals surface area contributed by atoms with E-state index < -0.39 is 41.4 Å². The van der Waals surface area contributed by atoms with Gasteiger partial charge in [0.2, 0.25) is 0 Å². The van der Waals surface area contributed by atoms with Gasteiger partial charge in [-0.05, 0) is 64.7 Å². The molecule has 9 nitrogen and oxygen atoms in total. The predicted octanol–water partition coefficient (Wildman–Crippen LogP) is 3.98. The molecule has 0 bridgehead atoms. The first-order valence-corrected chi connectivity index (χ1v) is 12.4. The number of hydrogen-bond acceptors (Lipinski definition) is 9. The maximum atomic E-state index is 12.5. The zero-order valence-electron chi connectivity index (χ0n) is 22.7. The molecule has 1 aromatic carbocycles. The van der Waals surface area contributed by atoms with Crippen LogP contribution in [0.4, 0.5) is 0 Å². The zero-order chi connectivity index (χ0) is 27.6. The molecular weight excluding hydrogens is 466 g/mol. The second kappa shape index (κ2) is 14.0. The molecule has 1 rings (SSSR count). The minimum Gasteiger partial charge on any atom is -0.461 e. The fourth-order valence-corrected chi connectivity index (χ4v) is 2.66. The molecule has 0 saturated heterocycles. The van der Waals surface area contributed by atoms with E-state index >= 15 is 0 Å². The quantitative estimate of drug-likeness (QED) is 0.329. The van der Waals surface area contributed by atoms with E-state index in [0.717, 1.165) is 0 Å². The lowest BCUT2D eigenvalue weighted by molar-refractivity contribution is -0.163. The van der Waals surface area contributed by atoms with Crippen molar-refractivity contribution in [2.75, 3.05) is 6.61 Å². The summed E-state index contributed by atoms with van der Waals surface area (Å²) in [5.74, 6) is -2.44. The first kappa shape index (κ1) is 31.1. The van der Waals surface area contributed by atoms with Gasteiger partial charge in [0, 0.05) is 0 Å². The monoisotopic (exact) mass is 507 g/mol. The van der Waals surface area contributed by atoms with Crippen LogP contribution in [0.25, 0.3) is 0 Å². The van der Waals surface area contributed by atoms with Crippen molar-refractivity contribution in [2.45, 2.75) is 86.8 Å². The lowest BCUT2D eigenvalue weighted by Gasteiger charge is -2.20. The Morgan fingerprint density at radius 2 is 1.39 bits per heavy atom. The maximum absolute atomic E-state index is 12.5. The topological polar surface area (TPSA) is 131 Å². The van der Waals surface area contributed by atoms with E-state index in [-0.39, 0.29) is 36.4 Å². The van der Waals surface area contributed by atoms with Gasteiger partial charge in [-0.1, -0.05) is 33.8 Å². The third-order valence-electron chi connectivity index (χ3n) is 5.60. The standard InChI is InChI=1S/C27H41NO8/c1-9-16(3)23(29)35-21-12-11-19(14-22(21)36-24(30)17(4)10-2)13-20(28)25(31)34-18(5)15-33-26(32)27(6,7)8/h11-12,14,16-18,20H,9-10,13,15,28H2,1-8H3/t16?,17?,18-,20-/m0/s1. The molecule has 0 saturated carbocycles. The van der Waals surface area contributed by atoms with Crippen molar-refractivity contribution in [3.8, 4) is 11.5 Å². The molecule has 1 aromatic rings. The van der Waals surface area contributed by atoms with Gasteiger partial charge < -0.3 is 24.7 Å². The summed E-state index contributed by atoms with van der Waals surface area (Å²) in [6, 6.07) is 3.67. The van der Waals surface area contributed by atoms with E-state index in [1.165, 1.54) is 12.1 Å². The molecule has 0 aliphatic rings. The van der Waals surface area contributed by atoms with E-state index in [1.54, 1.807) is 47.6 Å². The van der Waals surface area contributed by atoms with Crippen LogP contribution in [-0.4, -0.2) is 42.6 Å². The molecule has 0 amide bonds. The van der Waals surface area contributed by atoms with Crippen molar-refractivity contribution in [1.29, 1.82) is 0 Å². The minimum atomic E-state index is -1.02. The third-order valence-corrected chi connectivity index (χ3v) is 5.60. The summed E-state index contributed by atoms with van der Waals surface area (Å²) in [4.78, 5) is 49.1. The Kier molecular flexibility index (Phi) is 12.1. The lowest BCUT2D eigenvalue weighted by atomic mass is 9.97. The number of nitrogens with two attached hydrogens (primary N) is 1. The lowest BCUT2D eigenvalue weighted by Crippen LogP contribution is -2.37. The number of rotatable bonds is 12. The Labute approximate surface area is 214 Å². The van der Waals surface area contributed by atoms with E-state index in [0.29, 0.717) is 18.4 Å². The number of carbonyl (C=O) groups excluding carboxylic acids is 4. The smallest absolute Gasteiger partial charge is 0.323 e. The van der Waals surface area contributed by atoms with Crippen LogP contribution < -0.4 is 15.2 Å². The first-order chi connectivity index (χ1) is 16.7. The fourth-order valence-electron chi connectivity index (χ4n) is 2.66. The van der Waals surface area contributed by atoms with Crippen molar-refractivity contribution in [2.24, 2.45) is 23.0 Å². The molecule has 4 atom stereocenters. The van der Waals surface area contributed by atoms with Gasteiger partial charge in [0.05, 0.1) is 17.3 Å². The zero-order valence-corrected chi connectivity index (χ0v) is 22.7. The molecule has 0 radical (unpaired) electrons. The highest BCUT2D eigenvalue weighted by Crippen LogP contribution is 2.31. The molecule has 2 N–H and O–H groups in total. The van der Waals surface area contributed by atoms with Gasteiger partial charge in [0.25, 0.3) is 0 Å². The van der Waals surface area contributed by atoms with Gasteiger partial charge in [0.15, 0.2) is 11.5 Å². The SMILES string of the molecule is CCC(C)C(=O)Oc1ccc(C[C@H](N)C(=O)O[C@@H](C)COC(=O)C(C)(C)C)cc1OC(=O)C(C)CC. The molecule has 0 aromatic heterocycles. The summed E-state index contributed by atoms with van der Waals surface area (Å²) in [5, 5.41) is 0. The van der Waals surface area contributed by atoms with E-state index in [2.05, 4.69) is 0 Å². The van der Waals surface area contributed by atoms with Crippen LogP contribution in [0.15, 0.2) is 18.2 Å². The van der Waals surface area contributed by atoms with Crippen LogP contribution in [0.2, 0.25) is 0 Å². The largest absolute Gasteiger partial charge is 0.461 e. The van der Waals surface area contributed by atoms with Crippen molar-refractivity contribution in [3.63, 3.8) is 0 Å². The number of esters is 4. The Morgan fingerprint density at radius 1 is 0.861 bits per heavy atom. The third kappa shape index (κ3) is 9.97. The van der Waals surface area contributed by atoms with Gasteiger partial charge in [-0.2, -0.15) is 0 Å². The van der Waals surface area contributed by atoms with Gasteiger partial charge in [0.1, 0.15) is 18.8 Å². The molecule has 9 heteroatoms. The summed E-state index contributed by atoms with van der Waals surface area (Å²) in [5.41, 5.74) is 5.97. The Morgan fingerprint density at radius 3 is 1.89 bits per heavy atom. The molecule has 0 aliphatic carbocycles. The van der Waals surface area contributed by atoms with Crippen molar-refractivity contribution in [3.05, 3.63) is 23.8 Å². The first-order valence-electron chi connectivity index (χ1n) is 12.4. The normalized spacial score (nSPS) is 14.7. The van der Waals surface area contributed by atoms with Crippen LogP contribution >= 0.6 is 0 Å². The minimum absolute atomic E-state index is 0.0810. The molecule has 2 unspecified atom stereocenters. The summed E-state index contributed by atoms with van der Waals surface area (Å²) in [6.07, 6.45) is 0.592. The Balaban J connectivity index is 2.93. The van der Waals surface area contributed by atoms with Gasteiger partial charge >= 0.3 is 23.9 Å². The van der Waals surface area contributed by atoms with Crippen molar-refractivity contribution < 1.29 is 38.1 Å². The van der Waals surface area contributed by atoms with E-state index in [4.69, 9.17) is 24.7 Å². The molecule has 0 fully saturated rings. The predicted molar refractivity (Wildman–Crippen MR) is 134 cm³/mol. The summed E-state index contributed by atoms with van der Waals surface area (Å²) < 4.78 is 21.5. The Bertz CT molecular complexity index is 921. The van der Waals surface area contributed by atoms with Crippen LogP contribution in [-0.2, 0) is 35.1 Å². The molecule has 202 valence electrons. The van der Waals surface area contributed by atoms with Gasteiger partial charge in [-0.3, -0.25) is 19.2 Å². The van der Waals surface area contributed by atoms with Crippen LogP contribution in [0.3, 0.4) is 0 Å². The van der Waals surface area contributed by atoms with E-state index in [9.17, 15) is 19.2 Å². The average Bonchev–Trinajstić information content (AvgIpc) is 2.81. The number of hydrogen-bond donors (Lipinski definition) is 1. The second-order valence-corrected chi connectivity index (χ2v) is 10.1. The van der Waals surface area contributed by atoms with Gasteiger partial charge in [-0.15, -0.1) is 0 Å².